The van der Waals surface area contributed by atoms with Gasteiger partial charge in [0.05, 0.1) is 0 Å². The minimum atomic E-state index is -1.04. The Kier molecular flexibility index (Phi) is 4.03. The number of aromatic carboxylic acids is 1. The van der Waals surface area contributed by atoms with Crippen LogP contribution in [0.4, 0.5) is 5.82 Å². The standard InChI is InChI=1S/C11H15N3O3/c1-6-5-7(2)14-10(9(6)11(16)17)13-4-3-8(12)15/h5H,3-4H2,1-2H3,(H2,12,15)(H,13,14)(H,16,17). The minimum Gasteiger partial charge on any atom is -0.478 e. The monoisotopic (exact) mass is 237 g/mol. The molecule has 0 atom stereocenters. The Morgan fingerprint density at radius 1 is 1.47 bits per heavy atom. The largest absolute Gasteiger partial charge is 0.478 e. The predicted molar refractivity (Wildman–Crippen MR) is 63.0 cm³/mol. The first kappa shape index (κ1) is 13.0. The van der Waals surface area contributed by atoms with Crippen molar-refractivity contribution in [2.45, 2.75) is 20.3 Å². The Bertz CT molecular complexity index is 458. The molecular formula is C11H15N3O3. The molecule has 0 saturated carbocycles. The van der Waals surface area contributed by atoms with E-state index < -0.39 is 11.9 Å². The fraction of sp³-hybridized carbons (Fsp3) is 0.364. The number of hydrogen-bond acceptors (Lipinski definition) is 4. The van der Waals surface area contributed by atoms with Crippen molar-refractivity contribution < 1.29 is 14.7 Å². The van der Waals surface area contributed by atoms with Gasteiger partial charge < -0.3 is 16.2 Å². The first-order valence-electron chi connectivity index (χ1n) is 5.15. The van der Waals surface area contributed by atoms with Crippen LogP contribution in [0.1, 0.15) is 28.0 Å². The molecule has 0 bridgehead atoms. The zero-order chi connectivity index (χ0) is 13.0. The molecule has 92 valence electrons. The number of rotatable bonds is 5. The normalized spacial score (nSPS) is 10.0. The van der Waals surface area contributed by atoms with Crippen molar-refractivity contribution in [2.75, 3.05) is 11.9 Å². The molecule has 1 amide bonds. The Morgan fingerprint density at radius 2 is 2.12 bits per heavy atom. The van der Waals surface area contributed by atoms with Gasteiger partial charge in [-0.1, -0.05) is 0 Å². The molecule has 1 aromatic heterocycles. The lowest BCUT2D eigenvalue weighted by molar-refractivity contribution is -0.117. The number of pyridine rings is 1. The topological polar surface area (TPSA) is 105 Å². The van der Waals surface area contributed by atoms with Crippen LogP contribution in [0.15, 0.2) is 6.07 Å². The zero-order valence-electron chi connectivity index (χ0n) is 9.78. The Balaban J connectivity index is 2.96. The summed E-state index contributed by atoms with van der Waals surface area (Å²) >= 11 is 0. The van der Waals surface area contributed by atoms with Crippen LogP contribution in [0.5, 0.6) is 0 Å². The highest BCUT2D eigenvalue weighted by Crippen LogP contribution is 2.18. The van der Waals surface area contributed by atoms with Crippen LogP contribution in [-0.2, 0) is 4.79 Å². The van der Waals surface area contributed by atoms with E-state index in [0.717, 1.165) is 0 Å². The lowest BCUT2D eigenvalue weighted by Gasteiger charge is -2.11. The summed E-state index contributed by atoms with van der Waals surface area (Å²) in [5.41, 5.74) is 6.47. The predicted octanol–water partition coefficient (Wildman–Crippen LogP) is 0.684. The van der Waals surface area contributed by atoms with E-state index in [1.54, 1.807) is 19.9 Å². The molecule has 17 heavy (non-hydrogen) atoms. The number of hydrogen-bond donors (Lipinski definition) is 3. The number of carboxylic acid groups (broad SMARTS) is 1. The molecule has 0 unspecified atom stereocenters. The highest BCUT2D eigenvalue weighted by molar-refractivity contribution is 5.94. The number of anilines is 1. The van der Waals surface area contributed by atoms with Crippen molar-refractivity contribution in [3.63, 3.8) is 0 Å². The number of carbonyl (C=O) groups is 2. The van der Waals surface area contributed by atoms with E-state index in [1.807, 2.05) is 0 Å². The van der Waals surface area contributed by atoms with Crippen LogP contribution in [0.25, 0.3) is 0 Å². The van der Waals surface area contributed by atoms with E-state index in [0.29, 0.717) is 11.3 Å². The number of carboxylic acids is 1. The first-order valence-corrected chi connectivity index (χ1v) is 5.15. The molecule has 1 heterocycles. The summed E-state index contributed by atoms with van der Waals surface area (Å²) in [6, 6.07) is 1.70. The molecule has 0 radical (unpaired) electrons. The molecule has 0 aromatic carbocycles. The van der Waals surface area contributed by atoms with Crippen molar-refractivity contribution in [3.05, 3.63) is 22.9 Å². The van der Waals surface area contributed by atoms with Gasteiger partial charge in [-0.25, -0.2) is 9.78 Å². The summed E-state index contributed by atoms with van der Waals surface area (Å²) in [6.07, 6.45) is 0.133. The minimum absolute atomic E-state index is 0.125. The summed E-state index contributed by atoms with van der Waals surface area (Å²) in [7, 11) is 0. The maximum Gasteiger partial charge on any atom is 0.339 e. The van der Waals surface area contributed by atoms with Gasteiger partial charge in [-0.3, -0.25) is 4.79 Å². The van der Waals surface area contributed by atoms with Gasteiger partial charge in [-0.2, -0.15) is 0 Å². The van der Waals surface area contributed by atoms with E-state index in [1.165, 1.54) is 0 Å². The Hall–Kier alpha value is -2.11. The summed E-state index contributed by atoms with van der Waals surface area (Å²) in [5, 5.41) is 11.9. The number of primary amides is 1. The second-order valence-corrected chi connectivity index (χ2v) is 3.75. The van der Waals surface area contributed by atoms with E-state index in [-0.39, 0.29) is 24.3 Å². The highest BCUT2D eigenvalue weighted by atomic mass is 16.4. The summed E-state index contributed by atoms with van der Waals surface area (Å²) < 4.78 is 0. The third kappa shape index (κ3) is 3.44. The molecule has 0 fully saturated rings. The maximum atomic E-state index is 11.1. The van der Waals surface area contributed by atoms with Gasteiger partial charge in [-0.15, -0.1) is 0 Å². The molecule has 0 spiro atoms. The van der Waals surface area contributed by atoms with Crippen LogP contribution in [0, 0.1) is 13.8 Å². The van der Waals surface area contributed by atoms with Gasteiger partial charge in [0.1, 0.15) is 11.4 Å². The Labute approximate surface area is 98.8 Å². The second kappa shape index (κ2) is 5.29. The van der Waals surface area contributed by atoms with Gasteiger partial charge in [0.15, 0.2) is 0 Å². The van der Waals surface area contributed by atoms with Crippen molar-refractivity contribution in [1.29, 1.82) is 0 Å². The first-order chi connectivity index (χ1) is 7.91. The van der Waals surface area contributed by atoms with E-state index in [4.69, 9.17) is 10.8 Å². The molecule has 6 nitrogen and oxygen atoms in total. The lowest BCUT2D eigenvalue weighted by atomic mass is 10.1. The SMILES string of the molecule is Cc1cc(C)c(C(=O)O)c(NCCC(N)=O)n1. The van der Waals surface area contributed by atoms with Crippen molar-refractivity contribution in [3.8, 4) is 0 Å². The number of carbonyl (C=O) groups excluding carboxylic acids is 1. The van der Waals surface area contributed by atoms with E-state index in [9.17, 15) is 9.59 Å². The molecule has 6 heteroatoms. The van der Waals surface area contributed by atoms with E-state index in [2.05, 4.69) is 10.3 Å². The van der Waals surface area contributed by atoms with Gasteiger partial charge in [0.2, 0.25) is 5.91 Å². The van der Waals surface area contributed by atoms with Crippen LogP contribution in [0.2, 0.25) is 0 Å². The fourth-order valence-corrected chi connectivity index (χ4v) is 1.54. The molecule has 1 rings (SSSR count). The maximum absolute atomic E-state index is 11.1. The molecule has 1 aromatic rings. The van der Waals surface area contributed by atoms with Gasteiger partial charge in [-0.05, 0) is 25.5 Å². The number of aryl methyl sites for hydroxylation is 2. The average molecular weight is 237 g/mol. The second-order valence-electron chi connectivity index (χ2n) is 3.75. The summed E-state index contributed by atoms with van der Waals surface area (Å²) in [5.74, 6) is -1.22. The zero-order valence-corrected chi connectivity index (χ0v) is 9.78. The molecule has 0 aliphatic carbocycles. The van der Waals surface area contributed by atoms with E-state index >= 15 is 0 Å². The van der Waals surface area contributed by atoms with Crippen molar-refractivity contribution in [2.24, 2.45) is 5.73 Å². The van der Waals surface area contributed by atoms with Gasteiger partial charge in [0.25, 0.3) is 0 Å². The summed E-state index contributed by atoms with van der Waals surface area (Å²) in [4.78, 5) is 25.8. The van der Waals surface area contributed by atoms with Gasteiger partial charge >= 0.3 is 5.97 Å². The van der Waals surface area contributed by atoms with Crippen LogP contribution >= 0.6 is 0 Å². The lowest BCUT2D eigenvalue weighted by Crippen LogP contribution is -2.18. The number of aromatic nitrogens is 1. The third-order valence-electron chi connectivity index (χ3n) is 2.22. The summed E-state index contributed by atoms with van der Waals surface area (Å²) in [6.45, 7) is 3.75. The quantitative estimate of drug-likeness (QED) is 0.698. The molecular weight excluding hydrogens is 222 g/mol. The number of nitrogens with one attached hydrogen (secondary N) is 1. The molecule has 0 saturated heterocycles. The van der Waals surface area contributed by atoms with Gasteiger partial charge in [0, 0.05) is 18.7 Å². The number of nitrogens with two attached hydrogens (primary N) is 1. The Morgan fingerprint density at radius 3 is 2.65 bits per heavy atom. The van der Waals surface area contributed by atoms with Crippen LogP contribution in [0.3, 0.4) is 0 Å². The van der Waals surface area contributed by atoms with Crippen molar-refractivity contribution >= 4 is 17.7 Å². The highest BCUT2D eigenvalue weighted by Gasteiger charge is 2.15. The number of amides is 1. The smallest absolute Gasteiger partial charge is 0.339 e. The average Bonchev–Trinajstić information content (AvgIpc) is 2.14. The van der Waals surface area contributed by atoms with Crippen LogP contribution < -0.4 is 11.1 Å². The van der Waals surface area contributed by atoms with Crippen molar-refractivity contribution in [1.82, 2.24) is 4.98 Å². The molecule has 0 aliphatic heterocycles. The third-order valence-corrected chi connectivity index (χ3v) is 2.22. The fourth-order valence-electron chi connectivity index (χ4n) is 1.54. The molecule has 0 aliphatic rings. The number of nitrogens with zero attached hydrogens (tertiary/aromatic N) is 1. The van der Waals surface area contributed by atoms with Crippen LogP contribution in [-0.4, -0.2) is 28.5 Å². The molecule has 4 N–H and O–H groups in total.